The summed E-state index contributed by atoms with van der Waals surface area (Å²) >= 11 is 0. The summed E-state index contributed by atoms with van der Waals surface area (Å²) in [6, 6.07) is 56.8. The highest BCUT2D eigenvalue weighted by Crippen LogP contribution is 2.49. The van der Waals surface area contributed by atoms with Gasteiger partial charge in [0, 0.05) is 38.2 Å². The molecule has 1 N–H and O–H groups in total. The second-order valence-electron chi connectivity index (χ2n) is 14.8. The van der Waals surface area contributed by atoms with Crippen LogP contribution in [0, 0.1) is 0 Å². The number of rotatable bonds is 2. The van der Waals surface area contributed by atoms with Gasteiger partial charge in [-0.3, -0.25) is 4.57 Å². The molecule has 1 atom stereocenters. The average Bonchev–Trinajstić information content (AvgIpc) is 3.69. The van der Waals surface area contributed by atoms with Crippen LogP contribution in [0.2, 0.25) is 0 Å². The Balaban J connectivity index is 1.24. The first kappa shape index (κ1) is 30.0. The van der Waals surface area contributed by atoms with E-state index in [1.807, 2.05) is 0 Å². The molecule has 0 saturated heterocycles. The van der Waals surface area contributed by atoms with E-state index in [4.69, 9.17) is 4.99 Å². The van der Waals surface area contributed by atoms with Crippen molar-refractivity contribution >= 4 is 73.0 Å². The molecule has 0 bridgehead atoms. The predicted molar refractivity (Wildman–Crippen MR) is 223 cm³/mol. The minimum Gasteiger partial charge on any atom is -0.370 e. The lowest BCUT2D eigenvalue weighted by atomic mass is 9.74. The van der Waals surface area contributed by atoms with Gasteiger partial charge in [0.2, 0.25) is 0 Å². The number of hydrogen-bond acceptors (Lipinski definition) is 2. The summed E-state index contributed by atoms with van der Waals surface area (Å²) in [6.45, 7) is 4.82. The summed E-state index contributed by atoms with van der Waals surface area (Å²) in [5.41, 5.74) is 13.8. The molecule has 9 aromatic rings. The zero-order valence-electron chi connectivity index (χ0n) is 29.6. The second-order valence-corrected chi connectivity index (χ2v) is 14.8. The highest BCUT2D eigenvalue weighted by molar-refractivity contribution is 6.19. The van der Waals surface area contributed by atoms with Crippen LogP contribution in [0.5, 0.6) is 0 Å². The molecule has 2 aliphatic rings. The third-order valence-corrected chi connectivity index (χ3v) is 11.5. The minimum atomic E-state index is -0.380. The van der Waals surface area contributed by atoms with Crippen LogP contribution in [-0.2, 0) is 5.41 Å². The molecule has 252 valence electrons. The molecule has 4 nitrogen and oxygen atoms in total. The van der Waals surface area contributed by atoms with Crippen LogP contribution in [0.3, 0.4) is 0 Å². The predicted octanol–water partition coefficient (Wildman–Crippen LogP) is 12.4. The summed E-state index contributed by atoms with van der Waals surface area (Å²) in [4.78, 5) is 5.52. The molecule has 4 heteroatoms. The first-order valence-corrected chi connectivity index (χ1v) is 18.4. The van der Waals surface area contributed by atoms with Crippen LogP contribution in [0.4, 0.5) is 11.4 Å². The Kier molecular flexibility index (Phi) is 6.33. The van der Waals surface area contributed by atoms with Gasteiger partial charge in [-0.2, -0.15) is 0 Å². The fraction of sp³-hybridized carbons (Fsp3) is 0.0816. The number of nitrogens with zero attached hydrogens (tertiary/aromatic N) is 3. The zero-order chi connectivity index (χ0) is 35.3. The quantitative estimate of drug-likeness (QED) is 0.194. The molecule has 1 aliphatic carbocycles. The lowest BCUT2D eigenvalue weighted by Crippen LogP contribution is -2.31. The first-order chi connectivity index (χ1) is 26.1. The van der Waals surface area contributed by atoms with Crippen molar-refractivity contribution < 1.29 is 0 Å². The fourth-order valence-corrected chi connectivity index (χ4v) is 9.21. The monoisotopic (exact) mass is 680 g/mol. The molecule has 3 heterocycles. The summed E-state index contributed by atoms with van der Waals surface area (Å²) in [6.07, 6.45) is 4.72. The largest absolute Gasteiger partial charge is 0.370 e. The molecule has 0 amide bonds. The molecule has 7 aromatic carbocycles. The van der Waals surface area contributed by atoms with Crippen LogP contribution in [0.15, 0.2) is 163 Å². The van der Waals surface area contributed by atoms with E-state index in [2.05, 4.69) is 198 Å². The van der Waals surface area contributed by atoms with Gasteiger partial charge in [0.15, 0.2) is 0 Å². The Hall–Kier alpha value is -6.65. The summed E-state index contributed by atoms with van der Waals surface area (Å²) in [5, 5.41) is 8.88. The standard InChI is InChI=1S/C49H36N4/c1-49(2)39-30-29-36-34-19-9-13-23-42(34)52(33-17-7-4-8-18-33)46(36)38(39)28-26-31-25-27-37-35-20-10-14-24-43(35)53(47(37)44(31)49)48-45(32-15-5-3-6-16-32)50-40-21-11-12-22-41(40)51-48/h3-30,45,50H,1-2H3. The van der Waals surface area contributed by atoms with Gasteiger partial charge in [-0.15, -0.1) is 0 Å². The Morgan fingerprint density at radius 2 is 1.17 bits per heavy atom. The lowest BCUT2D eigenvalue weighted by Gasteiger charge is -2.32. The third kappa shape index (κ3) is 4.27. The number of anilines is 1. The molecule has 0 spiro atoms. The molecule has 2 aromatic heterocycles. The van der Waals surface area contributed by atoms with Crippen molar-refractivity contribution in [1.29, 1.82) is 0 Å². The summed E-state index contributed by atoms with van der Waals surface area (Å²) in [7, 11) is 0. The van der Waals surface area contributed by atoms with Crippen LogP contribution < -0.4 is 5.32 Å². The van der Waals surface area contributed by atoms with E-state index in [-0.39, 0.29) is 11.5 Å². The van der Waals surface area contributed by atoms with Crippen molar-refractivity contribution in [2.45, 2.75) is 25.3 Å². The Morgan fingerprint density at radius 3 is 1.94 bits per heavy atom. The summed E-state index contributed by atoms with van der Waals surface area (Å²) in [5.74, 6) is 0.971. The lowest BCUT2D eigenvalue weighted by molar-refractivity contribution is 0.644. The normalized spacial score (nSPS) is 15.9. The first-order valence-electron chi connectivity index (χ1n) is 18.4. The van der Waals surface area contributed by atoms with Crippen molar-refractivity contribution in [3.63, 3.8) is 0 Å². The number of para-hydroxylation sites is 5. The Bertz CT molecular complexity index is 2990. The summed E-state index contributed by atoms with van der Waals surface area (Å²) < 4.78 is 4.92. The van der Waals surface area contributed by atoms with Crippen molar-refractivity contribution in [1.82, 2.24) is 9.13 Å². The smallest absolute Gasteiger partial charge is 0.141 e. The van der Waals surface area contributed by atoms with Gasteiger partial charge in [-0.05, 0) is 58.7 Å². The van der Waals surface area contributed by atoms with E-state index in [0.29, 0.717) is 0 Å². The molecule has 1 aliphatic heterocycles. The van der Waals surface area contributed by atoms with Gasteiger partial charge in [-0.1, -0.05) is 147 Å². The molecule has 53 heavy (non-hydrogen) atoms. The Morgan fingerprint density at radius 1 is 0.547 bits per heavy atom. The zero-order valence-corrected chi connectivity index (χ0v) is 29.6. The van der Waals surface area contributed by atoms with Gasteiger partial charge in [0.25, 0.3) is 0 Å². The second kappa shape index (κ2) is 11.2. The van der Waals surface area contributed by atoms with Gasteiger partial charge >= 0.3 is 0 Å². The number of fused-ring (bicyclic) bond motifs is 11. The van der Waals surface area contributed by atoms with Crippen LogP contribution in [0.25, 0.3) is 61.5 Å². The van der Waals surface area contributed by atoms with Crippen LogP contribution in [-0.4, -0.2) is 15.0 Å². The van der Waals surface area contributed by atoms with Gasteiger partial charge in [0.05, 0.1) is 33.4 Å². The number of hydrogen-bond donors (Lipinski definition) is 1. The van der Waals surface area contributed by atoms with E-state index in [1.54, 1.807) is 0 Å². The minimum absolute atomic E-state index is 0.154. The third-order valence-electron chi connectivity index (χ3n) is 11.5. The van der Waals surface area contributed by atoms with Crippen LogP contribution in [0.1, 0.15) is 47.7 Å². The Labute approximate surface area is 308 Å². The number of aliphatic imine (C=N–C) groups is 1. The molecular formula is C49H36N4. The average molecular weight is 681 g/mol. The molecule has 0 radical (unpaired) electrons. The van der Waals surface area contributed by atoms with Crippen molar-refractivity contribution in [3.05, 3.63) is 186 Å². The van der Waals surface area contributed by atoms with E-state index in [1.165, 1.54) is 65.9 Å². The highest BCUT2D eigenvalue weighted by atomic mass is 15.2. The van der Waals surface area contributed by atoms with Gasteiger partial charge < -0.3 is 9.88 Å². The molecule has 0 saturated carbocycles. The maximum absolute atomic E-state index is 5.52. The fourth-order valence-electron chi connectivity index (χ4n) is 9.21. The van der Waals surface area contributed by atoms with E-state index in [9.17, 15) is 0 Å². The maximum Gasteiger partial charge on any atom is 0.141 e. The molecule has 0 fully saturated rings. The number of aromatic nitrogens is 2. The number of benzene rings is 7. The van der Waals surface area contributed by atoms with E-state index in [0.717, 1.165) is 28.4 Å². The highest BCUT2D eigenvalue weighted by Gasteiger charge is 2.36. The SMILES string of the molecule is CC1(C)c2ccc3c4ccccc4n(-c4ccccc4)c3c2C=Cc2ccc3c4ccccc4n(C4=Nc5ccccc5NC4c4ccccc4)c3c21. The van der Waals surface area contributed by atoms with E-state index >= 15 is 0 Å². The molecular weight excluding hydrogens is 645 g/mol. The molecule has 1 unspecified atom stereocenters. The molecule has 11 rings (SSSR count). The van der Waals surface area contributed by atoms with Gasteiger partial charge in [-0.25, -0.2) is 4.99 Å². The van der Waals surface area contributed by atoms with Gasteiger partial charge in [0.1, 0.15) is 11.9 Å². The van der Waals surface area contributed by atoms with E-state index < -0.39 is 0 Å². The van der Waals surface area contributed by atoms with Crippen molar-refractivity contribution in [2.24, 2.45) is 4.99 Å². The topological polar surface area (TPSA) is 34.2 Å². The van der Waals surface area contributed by atoms with Crippen molar-refractivity contribution in [2.75, 3.05) is 5.32 Å². The maximum atomic E-state index is 5.52. The van der Waals surface area contributed by atoms with Crippen LogP contribution >= 0.6 is 0 Å². The van der Waals surface area contributed by atoms with Crippen molar-refractivity contribution in [3.8, 4) is 5.69 Å². The number of nitrogens with one attached hydrogen (secondary N) is 1.